The van der Waals surface area contributed by atoms with Crippen LogP contribution in [-0.2, 0) is 25.9 Å². The highest BCUT2D eigenvalue weighted by atomic mass is 16.5. The Morgan fingerprint density at radius 3 is 2.65 bits per heavy atom. The number of likely N-dealkylation sites (tertiary alicyclic amines) is 1. The molecule has 136 valence electrons. The predicted octanol–water partition coefficient (Wildman–Crippen LogP) is 3.64. The first-order chi connectivity index (χ1) is 12.9. The van der Waals surface area contributed by atoms with Gasteiger partial charge in [-0.05, 0) is 61.5 Å². The molecule has 0 spiro atoms. The van der Waals surface area contributed by atoms with Gasteiger partial charge in [-0.2, -0.15) is 0 Å². The molecule has 0 aliphatic carbocycles. The summed E-state index contributed by atoms with van der Waals surface area (Å²) < 4.78 is 6.22. The standard InChI is InChI=1S/C23H28N2O/c1-2-7-19-16-25(13-10-18(19)6-1)21-14-22-20(15-24-11-3-4-12-24)8-5-9-23(22)26-17-21/h1-2,5-9,21H,3-4,10-17H2/t21-/m0/s1. The van der Waals surface area contributed by atoms with Gasteiger partial charge in [0, 0.05) is 31.2 Å². The Kier molecular flexibility index (Phi) is 4.43. The summed E-state index contributed by atoms with van der Waals surface area (Å²) in [6, 6.07) is 16.0. The Bertz CT molecular complexity index is 782. The van der Waals surface area contributed by atoms with E-state index >= 15 is 0 Å². The fraction of sp³-hybridized carbons (Fsp3) is 0.478. The molecule has 3 heterocycles. The third kappa shape index (κ3) is 3.15. The zero-order valence-electron chi connectivity index (χ0n) is 15.5. The predicted molar refractivity (Wildman–Crippen MR) is 104 cm³/mol. The highest BCUT2D eigenvalue weighted by Crippen LogP contribution is 2.32. The maximum atomic E-state index is 6.22. The van der Waals surface area contributed by atoms with Gasteiger partial charge in [0.15, 0.2) is 0 Å². The largest absolute Gasteiger partial charge is 0.492 e. The summed E-state index contributed by atoms with van der Waals surface area (Å²) in [5.41, 5.74) is 5.95. The molecule has 0 amide bonds. The van der Waals surface area contributed by atoms with Crippen LogP contribution in [0.5, 0.6) is 5.75 Å². The lowest BCUT2D eigenvalue weighted by Gasteiger charge is -2.38. The molecular formula is C23H28N2O. The van der Waals surface area contributed by atoms with E-state index in [4.69, 9.17) is 4.74 Å². The average molecular weight is 348 g/mol. The number of rotatable bonds is 3. The van der Waals surface area contributed by atoms with Gasteiger partial charge in [-0.1, -0.05) is 36.4 Å². The van der Waals surface area contributed by atoms with Crippen molar-refractivity contribution in [1.29, 1.82) is 0 Å². The first-order valence-corrected chi connectivity index (χ1v) is 10.1. The van der Waals surface area contributed by atoms with E-state index in [9.17, 15) is 0 Å². The highest BCUT2D eigenvalue weighted by Gasteiger charge is 2.29. The summed E-state index contributed by atoms with van der Waals surface area (Å²) in [7, 11) is 0. The van der Waals surface area contributed by atoms with Crippen molar-refractivity contribution in [3.05, 3.63) is 64.7 Å². The molecule has 3 nitrogen and oxygen atoms in total. The summed E-state index contributed by atoms with van der Waals surface area (Å²) in [5.74, 6) is 1.12. The molecule has 2 aromatic carbocycles. The SMILES string of the molecule is c1ccc2c(c1)CCN([C@@H]1COc3cccc(CN4CCCC4)c3C1)C2. The minimum atomic E-state index is 0.496. The molecule has 0 saturated carbocycles. The van der Waals surface area contributed by atoms with Crippen molar-refractivity contribution < 1.29 is 4.74 Å². The fourth-order valence-corrected chi connectivity index (χ4v) is 4.85. The van der Waals surface area contributed by atoms with Crippen LogP contribution >= 0.6 is 0 Å². The summed E-state index contributed by atoms with van der Waals surface area (Å²) in [5, 5.41) is 0. The second-order valence-electron chi connectivity index (χ2n) is 8.04. The molecule has 26 heavy (non-hydrogen) atoms. The molecule has 3 aliphatic heterocycles. The molecule has 3 heteroatoms. The van der Waals surface area contributed by atoms with Crippen LogP contribution in [0.25, 0.3) is 0 Å². The second kappa shape index (κ2) is 7.05. The van der Waals surface area contributed by atoms with Crippen molar-refractivity contribution in [2.24, 2.45) is 0 Å². The molecule has 0 N–H and O–H groups in total. The molecule has 0 bridgehead atoms. The molecule has 1 atom stereocenters. The van der Waals surface area contributed by atoms with Gasteiger partial charge in [-0.15, -0.1) is 0 Å². The van der Waals surface area contributed by atoms with Crippen LogP contribution < -0.4 is 4.74 Å². The van der Waals surface area contributed by atoms with E-state index in [0.717, 1.165) is 44.8 Å². The van der Waals surface area contributed by atoms with Crippen LogP contribution in [-0.4, -0.2) is 42.1 Å². The van der Waals surface area contributed by atoms with Crippen molar-refractivity contribution >= 4 is 0 Å². The quantitative estimate of drug-likeness (QED) is 0.842. The molecule has 0 aromatic heterocycles. The van der Waals surface area contributed by atoms with Crippen LogP contribution in [0.1, 0.15) is 35.1 Å². The van der Waals surface area contributed by atoms with E-state index in [2.05, 4.69) is 52.3 Å². The molecule has 0 unspecified atom stereocenters. The molecule has 3 aliphatic rings. The van der Waals surface area contributed by atoms with E-state index < -0.39 is 0 Å². The van der Waals surface area contributed by atoms with Crippen molar-refractivity contribution in [3.8, 4) is 5.75 Å². The lowest BCUT2D eigenvalue weighted by Crippen LogP contribution is -2.45. The number of benzene rings is 2. The van der Waals surface area contributed by atoms with Gasteiger partial charge in [-0.25, -0.2) is 0 Å². The zero-order valence-corrected chi connectivity index (χ0v) is 15.5. The summed E-state index contributed by atoms with van der Waals surface area (Å²) in [6.07, 6.45) is 4.99. The van der Waals surface area contributed by atoms with Crippen LogP contribution in [0.3, 0.4) is 0 Å². The van der Waals surface area contributed by atoms with Gasteiger partial charge in [0.05, 0.1) is 0 Å². The number of hydrogen-bond acceptors (Lipinski definition) is 3. The van der Waals surface area contributed by atoms with Crippen molar-refractivity contribution in [3.63, 3.8) is 0 Å². The zero-order chi connectivity index (χ0) is 17.3. The lowest BCUT2D eigenvalue weighted by atomic mass is 9.93. The normalized spacial score (nSPS) is 23.3. The topological polar surface area (TPSA) is 15.7 Å². The molecule has 0 radical (unpaired) electrons. The van der Waals surface area contributed by atoms with Crippen molar-refractivity contribution in [1.82, 2.24) is 9.80 Å². The fourth-order valence-electron chi connectivity index (χ4n) is 4.85. The van der Waals surface area contributed by atoms with Gasteiger partial charge in [0.1, 0.15) is 12.4 Å². The van der Waals surface area contributed by atoms with E-state index in [-0.39, 0.29) is 0 Å². The van der Waals surface area contributed by atoms with Crippen LogP contribution in [0.4, 0.5) is 0 Å². The average Bonchev–Trinajstić information content (AvgIpc) is 3.21. The summed E-state index contributed by atoms with van der Waals surface area (Å²) >= 11 is 0. The Balaban J connectivity index is 1.34. The van der Waals surface area contributed by atoms with E-state index in [0.29, 0.717) is 6.04 Å². The molecule has 5 rings (SSSR count). The Labute approximate surface area is 156 Å². The number of fused-ring (bicyclic) bond motifs is 2. The smallest absolute Gasteiger partial charge is 0.122 e. The Morgan fingerprint density at radius 2 is 1.77 bits per heavy atom. The van der Waals surface area contributed by atoms with Crippen LogP contribution in [0.15, 0.2) is 42.5 Å². The second-order valence-corrected chi connectivity index (χ2v) is 8.04. The minimum Gasteiger partial charge on any atom is -0.492 e. The third-order valence-corrected chi connectivity index (χ3v) is 6.37. The first kappa shape index (κ1) is 16.3. The van der Waals surface area contributed by atoms with E-state index in [1.165, 1.54) is 48.2 Å². The lowest BCUT2D eigenvalue weighted by molar-refractivity contribution is 0.107. The third-order valence-electron chi connectivity index (χ3n) is 6.37. The number of hydrogen-bond donors (Lipinski definition) is 0. The molecule has 1 fully saturated rings. The van der Waals surface area contributed by atoms with Crippen LogP contribution in [0, 0.1) is 0 Å². The van der Waals surface area contributed by atoms with Gasteiger partial charge < -0.3 is 4.74 Å². The summed E-state index contributed by atoms with van der Waals surface area (Å²) in [4.78, 5) is 5.23. The van der Waals surface area contributed by atoms with Crippen molar-refractivity contribution in [2.45, 2.75) is 44.8 Å². The minimum absolute atomic E-state index is 0.496. The maximum Gasteiger partial charge on any atom is 0.122 e. The highest BCUT2D eigenvalue weighted by molar-refractivity contribution is 5.42. The number of ether oxygens (including phenoxy) is 1. The summed E-state index contributed by atoms with van der Waals surface area (Å²) in [6.45, 7) is 6.61. The maximum absolute atomic E-state index is 6.22. The van der Waals surface area contributed by atoms with E-state index in [1.54, 1.807) is 0 Å². The molecule has 1 saturated heterocycles. The van der Waals surface area contributed by atoms with Gasteiger partial charge in [0.25, 0.3) is 0 Å². The van der Waals surface area contributed by atoms with E-state index in [1.807, 2.05) is 0 Å². The van der Waals surface area contributed by atoms with Crippen LogP contribution in [0.2, 0.25) is 0 Å². The van der Waals surface area contributed by atoms with Gasteiger partial charge in [0.2, 0.25) is 0 Å². The van der Waals surface area contributed by atoms with Gasteiger partial charge in [-0.3, -0.25) is 9.80 Å². The van der Waals surface area contributed by atoms with Crippen molar-refractivity contribution in [2.75, 3.05) is 26.2 Å². The molecular weight excluding hydrogens is 320 g/mol. The number of nitrogens with zero attached hydrogens (tertiary/aromatic N) is 2. The Morgan fingerprint density at radius 1 is 0.923 bits per heavy atom. The Hall–Kier alpha value is -1.84. The van der Waals surface area contributed by atoms with Gasteiger partial charge >= 0.3 is 0 Å². The molecule has 2 aromatic rings. The monoisotopic (exact) mass is 348 g/mol. The first-order valence-electron chi connectivity index (χ1n) is 10.1.